The fraction of sp³-hybridized carbons (Fsp3) is 0.0741. The van der Waals surface area contributed by atoms with Gasteiger partial charge in [0.25, 0.3) is 5.91 Å². The molecule has 35 heavy (non-hydrogen) atoms. The summed E-state index contributed by atoms with van der Waals surface area (Å²) in [5.41, 5.74) is 3.95. The predicted molar refractivity (Wildman–Crippen MR) is 134 cm³/mol. The molecule has 8 heteroatoms. The lowest BCUT2D eigenvalue weighted by atomic mass is 10.1. The first-order valence-corrected chi connectivity index (χ1v) is 11.4. The Morgan fingerprint density at radius 2 is 1.60 bits per heavy atom. The van der Waals surface area contributed by atoms with Gasteiger partial charge in [0.1, 0.15) is 11.4 Å². The van der Waals surface area contributed by atoms with Crippen molar-refractivity contribution in [1.82, 2.24) is 24.9 Å². The third-order valence-electron chi connectivity index (χ3n) is 5.35. The van der Waals surface area contributed by atoms with Crippen molar-refractivity contribution in [1.29, 1.82) is 0 Å². The van der Waals surface area contributed by atoms with Crippen molar-refractivity contribution in [3.8, 4) is 22.7 Å². The van der Waals surface area contributed by atoms with Crippen molar-refractivity contribution in [2.24, 2.45) is 0 Å². The molecule has 0 atom stereocenters. The van der Waals surface area contributed by atoms with E-state index in [4.69, 9.17) is 21.4 Å². The van der Waals surface area contributed by atoms with Crippen LogP contribution >= 0.6 is 11.6 Å². The number of nitrogens with zero attached hydrogens (tertiary/aromatic N) is 4. The number of carbonyl (C=O) groups excluding carboxylic acids is 1. The van der Waals surface area contributed by atoms with Gasteiger partial charge >= 0.3 is 0 Å². The fourth-order valence-corrected chi connectivity index (χ4v) is 3.71. The molecule has 0 spiro atoms. The van der Waals surface area contributed by atoms with E-state index in [1.54, 1.807) is 41.2 Å². The van der Waals surface area contributed by atoms with Gasteiger partial charge in [-0.1, -0.05) is 60.1 Å². The molecule has 0 unspecified atom stereocenters. The van der Waals surface area contributed by atoms with E-state index >= 15 is 0 Å². The number of nitrogens with one attached hydrogen (secondary N) is 1. The third-order valence-corrected chi connectivity index (χ3v) is 5.60. The SMILES string of the molecule is O=C(NCc1cn(-c2ccccc2)nc1-c1ccccc1)c1ccn(COc2ccc(Cl)cc2)n1. The van der Waals surface area contributed by atoms with E-state index in [1.807, 2.05) is 71.5 Å². The van der Waals surface area contributed by atoms with Crippen molar-refractivity contribution in [3.63, 3.8) is 0 Å². The van der Waals surface area contributed by atoms with Gasteiger partial charge in [0, 0.05) is 35.1 Å². The average molecular weight is 484 g/mol. The number of hydrogen-bond donors (Lipinski definition) is 1. The Balaban J connectivity index is 1.28. The molecule has 2 heterocycles. The molecular weight excluding hydrogens is 462 g/mol. The molecular formula is C27H22ClN5O2. The van der Waals surface area contributed by atoms with E-state index in [0.29, 0.717) is 23.0 Å². The summed E-state index contributed by atoms with van der Waals surface area (Å²) in [4.78, 5) is 12.8. The van der Waals surface area contributed by atoms with Crippen LogP contribution in [0.15, 0.2) is 103 Å². The van der Waals surface area contributed by atoms with Crippen LogP contribution in [0.25, 0.3) is 16.9 Å². The van der Waals surface area contributed by atoms with Crippen LogP contribution in [0.2, 0.25) is 5.02 Å². The topological polar surface area (TPSA) is 74.0 Å². The Hall–Kier alpha value is -4.36. The van der Waals surface area contributed by atoms with E-state index in [9.17, 15) is 4.79 Å². The molecule has 174 valence electrons. The van der Waals surface area contributed by atoms with Crippen molar-refractivity contribution < 1.29 is 9.53 Å². The van der Waals surface area contributed by atoms with Gasteiger partial charge in [-0.15, -0.1) is 0 Å². The van der Waals surface area contributed by atoms with Gasteiger partial charge in [0.2, 0.25) is 0 Å². The third kappa shape index (κ3) is 5.42. The second-order valence-electron chi connectivity index (χ2n) is 7.80. The standard InChI is InChI=1S/C27H22ClN5O2/c28-22-11-13-24(14-12-22)35-19-32-16-15-25(30-32)27(34)29-17-21-18-33(23-9-5-2-6-10-23)31-26(21)20-7-3-1-4-8-20/h1-16,18H,17,19H2,(H,29,34). The molecule has 5 rings (SSSR count). The van der Waals surface area contributed by atoms with Crippen LogP contribution in [0.3, 0.4) is 0 Å². The van der Waals surface area contributed by atoms with Crippen LogP contribution in [0.5, 0.6) is 5.75 Å². The summed E-state index contributed by atoms with van der Waals surface area (Å²) < 4.78 is 9.07. The quantitative estimate of drug-likeness (QED) is 0.322. The second kappa shape index (κ2) is 10.3. The molecule has 0 aliphatic carbocycles. The molecule has 0 bridgehead atoms. The molecule has 0 radical (unpaired) electrons. The van der Waals surface area contributed by atoms with E-state index in [0.717, 1.165) is 22.5 Å². The summed E-state index contributed by atoms with van der Waals surface area (Å²) in [6, 6.07) is 28.5. The number of aromatic nitrogens is 4. The molecule has 0 fully saturated rings. The van der Waals surface area contributed by atoms with Gasteiger partial charge in [0.15, 0.2) is 6.73 Å². The minimum Gasteiger partial charge on any atom is -0.471 e. The molecule has 0 aliphatic heterocycles. The molecule has 0 aliphatic rings. The van der Waals surface area contributed by atoms with Gasteiger partial charge in [-0.3, -0.25) is 4.79 Å². The normalized spacial score (nSPS) is 10.8. The lowest BCUT2D eigenvalue weighted by Gasteiger charge is -2.06. The summed E-state index contributed by atoms with van der Waals surface area (Å²) in [5.74, 6) is 0.390. The Morgan fingerprint density at radius 1 is 0.886 bits per heavy atom. The monoisotopic (exact) mass is 483 g/mol. The number of rotatable bonds is 8. The lowest BCUT2D eigenvalue weighted by molar-refractivity contribution is 0.0944. The summed E-state index contributed by atoms with van der Waals surface area (Å²) >= 11 is 5.90. The number of carbonyl (C=O) groups is 1. The highest BCUT2D eigenvalue weighted by atomic mass is 35.5. The molecule has 5 aromatic rings. The minimum atomic E-state index is -0.276. The van der Waals surface area contributed by atoms with E-state index in [2.05, 4.69) is 10.4 Å². The van der Waals surface area contributed by atoms with Crippen LogP contribution in [-0.2, 0) is 13.3 Å². The Kier molecular flexibility index (Phi) is 6.59. The van der Waals surface area contributed by atoms with Gasteiger partial charge < -0.3 is 10.1 Å². The smallest absolute Gasteiger partial charge is 0.272 e. The number of amides is 1. The first kappa shape index (κ1) is 22.4. The van der Waals surface area contributed by atoms with Crippen LogP contribution < -0.4 is 10.1 Å². The van der Waals surface area contributed by atoms with E-state index < -0.39 is 0 Å². The largest absolute Gasteiger partial charge is 0.471 e. The van der Waals surface area contributed by atoms with Crippen LogP contribution in [0.4, 0.5) is 0 Å². The van der Waals surface area contributed by atoms with Crippen LogP contribution in [-0.4, -0.2) is 25.5 Å². The average Bonchev–Trinajstić information content (AvgIpc) is 3.56. The first-order chi connectivity index (χ1) is 17.2. The molecule has 0 saturated heterocycles. The Labute approximate surface area is 207 Å². The number of hydrogen-bond acceptors (Lipinski definition) is 4. The van der Waals surface area contributed by atoms with Crippen LogP contribution in [0, 0.1) is 0 Å². The second-order valence-corrected chi connectivity index (χ2v) is 8.24. The van der Waals surface area contributed by atoms with Crippen molar-refractivity contribution in [3.05, 3.63) is 120 Å². The molecule has 7 nitrogen and oxygen atoms in total. The highest BCUT2D eigenvalue weighted by Gasteiger charge is 2.15. The maximum Gasteiger partial charge on any atom is 0.272 e. The molecule has 1 amide bonds. The van der Waals surface area contributed by atoms with Crippen molar-refractivity contribution in [2.45, 2.75) is 13.3 Å². The van der Waals surface area contributed by atoms with E-state index in [1.165, 1.54) is 0 Å². The number of halogens is 1. The predicted octanol–water partition coefficient (Wildman–Crippen LogP) is 5.36. The fourth-order valence-electron chi connectivity index (χ4n) is 3.58. The molecule has 0 saturated carbocycles. The Bertz CT molecular complexity index is 1410. The zero-order valence-corrected chi connectivity index (χ0v) is 19.5. The summed E-state index contributed by atoms with van der Waals surface area (Å²) in [7, 11) is 0. The van der Waals surface area contributed by atoms with Gasteiger partial charge in [-0.25, -0.2) is 9.36 Å². The van der Waals surface area contributed by atoms with Gasteiger partial charge in [0.05, 0.1) is 11.4 Å². The zero-order valence-electron chi connectivity index (χ0n) is 18.7. The highest BCUT2D eigenvalue weighted by molar-refractivity contribution is 6.30. The van der Waals surface area contributed by atoms with Crippen molar-refractivity contribution >= 4 is 17.5 Å². The number of para-hydroxylation sites is 1. The van der Waals surface area contributed by atoms with Crippen LogP contribution in [0.1, 0.15) is 16.1 Å². The Morgan fingerprint density at radius 3 is 2.34 bits per heavy atom. The first-order valence-electron chi connectivity index (χ1n) is 11.0. The number of benzene rings is 3. The molecule has 3 aromatic carbocycles. The summed E-state index contributed by atoms with van der Waals surface area (Å²) in [6.07, 6.45) is 3.64. The molecule has 2 aromatic heterocycles. The van der Waals surface area contributed by atoms with Gasteiger partial charge in [-0.05, 0) is 42.5 Å². The maximum absolute atomic E-state index is 12.8. The van der Waals surface area contributed by atoms with E-state index in [-0.39, 0.29) is 12.6 Å². The summed E-state index contributed by atoms with van der Waals surface area (Å²) in [5, 5.41) is 12.7. The highest BCUT2D eigenvalue weighted by Crippen LogP contribution is 2.23. The molecule has 1 N–H and O–H groups in total. The minimum absolute atomic E-state index is 0.177. The van der Waals surface area contributed by atoms with Crippen molar-refractivity contribution in [2.75, 3.05) is 0 Å². The lowest BCUT2D eigenvalue weighted by Crippen LogP contribution is -2.23. The maximum atomic E-state index is 12.8. The summed E-state index contributed by atoms with van der Waals surface area (Å²) in [6.45, 7) is 0.487. The number of ether oxygens (including phenoxy) is 1. The van der Waals surface area contributed by atoms with Gasteiger partial charge in [-0.2, -0.15) is 10.2 Å². The zero-order chi connectivity index (χ0) is 24.0.